The number of piperazine rings is 1. The molecule has 8 heteroatoms. The number of guanidine groups is 1. The van der Waals surface area contributed by atoms with Gasteiger partial charge in [0, 0.05) is 44.7 Å². The maximum atomic E-state index is 12.6. The lowest BCUT2D eigenvalue weighted by Crippen LogP contribution is -2.55. The van der Waals surface area contributed by atoms with Crippen LogP contribution in [-0.4, -0.2) is 87.9 Å². The standard InChI is InChI=1S/C24H38N4O4/c1-6-25-23(28-13-11-27(12-14-28)22(29)20-8-7-15-32-20)26-17-24(2,3)18-9-10-19(30-4)21(16-18)31-5/h9-10,16,20H,6-8,11-15,17H2,1-5H3,(H,25,26). The molecular formula is C24H38N4O4. The molecule has 0 saturated carbocycles. The van der Waals surface area contributed by atoms with Crippen LogP contribution < -0.4 is 14.8 Å². The first kappa shape index (κ1) is 24.2. The van der Waals surface area contributed by atoms with Crippen molar-refractivity contribution >= 4 is 11.9 Å². The van der Waals surface area contributed by atoms with Crippen molar-refractivity contribution in [3.05, 3.63) is 23.8 Å². The Labute approximate surface area is 191 Å². The lowest BCUT2D eigenvalue weighted by Gasteiger charge is -2.37. The van der Waals surface area contributed by atoms with Crippen molar-refractivity contribution in [3.8, 4) is 11.5 Å². The molecule has 2 aliphatic heterocycles. The van der Waals surface area contributed by atoms with E-state index in [1.807, 2.05) is 17.0 Å². The number of ether oxygens (including phenoxy) is 3. The average Bonchev–Trinajstić information content (AvgIpc) is 3.36. The Hall–Kier alpha value is -2.48. The Morgan fingerprint density at radius 1 is 1.16 bits per heavy atom. The molecule has 0 aliphatic carbocycles. The molecule has 8 nitrogen and oxygen atoms in total. The molecule has 2 saturated heterocycles. The zero-order valence-corrected chi connectivity index (χ0v) is 20.1. The summed E-state index contributed by atoms with van der Waals surface area (Å²) in [6.45, 7) is 11.5. The zero-order valence-electron chi connectivity index (χ0n) is 20.1. The molecule has 2 aliphatic rings. The normalized spacial score (nSPS) is 19.8. The fourth-order valence-corrected chi connectivity index (χ4v) is 4.16. The molecule has 1 atom stereocenters. The van der Waals surface area contributed by atoms with Gasteiger partial charge < -0.3 is 29.3 Å². The minimum Gasteiger partial charge on any atom is -0.493 e. The topological polar surface area (TPSA) is 75.6 Å². The summed E-state index contributed by atoms with van der Waals surface area (Å²) in [4.78, 5) is 21.8. The molecular weight excluding hydrogens is 408 g/mol. The monoisotopic (exact) mass is 446 g/mol. The van der Waals surface area contributed by atoms with Crippen LogP contribution in [0.3, 0.4) is 0 Å². The summed E-state index contributed by atoms with van der Waals surface area (Å²) < 4.78 is 16.4. The number of hydrogen-bond donors (Lipinski definition) is 1. The van der Waals surface area contributed by atoms with E-state index in [0.29, 0.717) is 26.2 Å². The van der Waals surface area contributed by atoms with Gasteiger partial charge in [0.15, 0.2) is 17.5 Å². The molecule has 1 amide bonds. The molecule has 3 rings (SSSR count). The largest absolute Gasteiger partial charge is 0.493 e. The van der Waals surface area contributed by atoms with Crippen molar-refractivity contribution in [1.82, 2.24) is 15.1 Å². The van der Waals surface area contributed by atoms with E-state index in [2.05, 4.69) is 37.1 Å². The summed E-state index contributed by atoms with van der Waals surface area (Å²) in [5, 5.41) is 3.42. The van der Waals surface area contributed by atoms with E-state index in [9.17, 15) is 4.79 Å². The van der Waals surface area contributed by atoms with Crippen molar-refractivity contribution in [3.63, 3.8) is 0 Å². The Morgan fingerprint density at radius 2 is 1.84 bits per heavy atom. The van der Waals surface area contributed by atoms with Crippen LogP contribution in [0.2, 0.25) is 0 Å². The second-order valence-electron chi connectivity index (χ2n) is 8.94. The third-order valence-corrected chi connectivity index (χ3v) is 6.22. The summed E-state index contributed by atoms with van der Waals surface area (Å²) in [7, 11) is 3.29. The van der Waals surface area contributed by atoms with E-state index < -0.39 is 0 Å². The number of hydrogen-bond acceptors (Lipinski definition) is 5. The summed E-state index contributed by atoms with van der Waals surface area (Å²) >= 11 is 0. The highest BCUT2D eigenvalue weighted by Gasteiger charge is 2.31. The Morgan fingerprint density at radius 3 is 2.44 bits per heavy atom. The van der Waals surface area contributed by atoms with Gasteiger partial charge in [-0.15, -0.1) is 0 Å². The molecule has 1 aromatic rings. The van der Waals surface area contributed by atoms with Crippen LogP contribution >= 0.6 is 0 Å². The summed E-state index contributed by atoms with van der Waals surface area (Å²) in [5.41, 5.74) is 0.958. The van der Waals surface area contributed by atoms with Crippen molar-refractivity contribution in [1.29, 1.82) is 0 Å². The predicted octanol–water partition coefficient (Wildman–Crippen LogP) is 2.27. The molecule has 32 heavy (non-hydrogen) atoms. The second-order valence-corrected chi connectivity index (χ2v) is 8.94. The molecule has 2 fully saturated rings. The third-order valence-electron chi connectivity index (χ3n) is 6.22. The smallest absolute Gasteiger partial charge is 0.251 e. The van der Waals surface area contributed by atoms with Gasteiger partial charge in [-0.25, -0.2) is 0 Å². The van der Waals surface area contributed by atoms with E-state index in [1.165, 1.54) is 0 Å². The molecule has 178 valence electrons. The van der Waals surface area contributed by atoms with Gasteiger partial charge in [-0.1, -0.05) is 19.9 Å². The van der Waals surface area contributed by atoms with Crippen molar-refractivity contribution in [2.75, 3.05) is 60.1 Å². The first-order valence-corrected chi connectivity index (χ1v) is 11.6. The van der Waals surface area contributed by atoms with Crippen LogP contribution in [0.1, 0.15) is 39.2 Å². The molecule has 1 aromatic carbocycles. The van der Waals surface area contributed by atoms with E-state index in [4.69, 9.17) is 19.2 Å². The highest BCUT2D eigenvalue weighted by atomic mass is 16.5. The van der Waals surface area contributed by atoms with Gasteiger partial charge in [0.2, 0.25) is 0 Å². The highest BCUT2D eigenvalue weighted by Crippen LogP contribution is 2.33. The van der Waals surface area contributed by atoms with Crippen LogP contribution in [0.25, 0.3) is 0 Å². The zero-order chi connectivity index (χ0) is 23.1. The summed E-state index contributed by atoms with van der Waals surface area (Å²) in [5.74, 6) is 2.48. The summed E-state index contributed by atoms with van der Waals surface area (Å²) in [6, 6.07) is 6.03. The molecule has 0 radical (unpaired) electrons. The van der Waals surface area contributed by atoms with E-state index in [0.717, 1.165) is 55.5 Å². The van der Waals surface area contributed by atoms with Gasteiger partial charge in [0.25, 0.3) is 5.91 Å². The summed E-state index contributed by atoms with van der Waals surface area (Å²) in [6.07, 6.45) is 1.57. The number of benzene rings is 1. The number of aliphatic imine (C=N–C) groups is 1. The number of rotatable bonds is 7. The number of methoxy groups -OCH3 is 2. The molecule has 0 spiro atoms. The quantitative estimate of drug-likeness (QED) is 0.512. The highest BCUT2D eigenvalue weighted by molar-refractivity contribution is 5.83. The number of nitrogens with one attached hydrogen (secondary N) is 1. The fourth-order valence-electron chi connectivity index (χ4n) is 4.16. The maximum Gasteiger partial charge on any atom is 0.251 e. The van der Waals surface area contributed by atoms with Crippen LogP contribution in [0, 0.1) is 0 Å². The number of carbonyl (C=O) groups excluding carboxylic acids is 1. The van der Waals surface area contributed by atoms with Gasteiger partial charge in [-0.2, -0.15) is 0 Å². The van der Waals surface area contributed by atoms with E-state index in [-0.39, 0.29) is 17.4 Å². The van der Waals surface area contributed by atoms with Gasteiger partial charge in [0.1, 0.15) is 6.10 Å². The molecule has 1 unspecified atom stereocenters. The van der Waals surface area contributed by atoms with Crippen molar-refractivity contribution in [2.45, 2.75) is 45.1 Å². The SMILES string of the molecule is CCNC(=NCC(C)(C)c1ccc(OC)c(OC)c1)N1CCN(C(=O)C2CCCO2)CC1. The lowest BCUT2D eigenvalue weighted by atomic mass is 9.84. The van der Waals surface area contributed by atoms with E-state index in [1.54, 1.807) is 14.2 Å². The first-order chi connectivity index (χ1) is 15.4. The number of nitrogens with zero attached hydrogens (tertiary/aromatic N) is 3. The lowest BCUT2D eigenvalue weighted by molar-refractivity contribution is -0.142. The van der Waals surface area contributed by atoms with Crippen LogP contribution in [0.15, 0.2) is 23.2 Å². The Balaban J connectivity index is 1.65. The van der Waals surface area contributed by atoms with Crippen LogP contribution in [0.5, 0.6) is 11.5 Å². The van der Waals surface area contributed by atoms with Gasteiger partial charge in [-0.3, -0.25) is 9.79 Å². The minimum absolute atomic E-state index is 0.138. The predicted molar refractivity (Wildman–Crippen MR) is 126 cm³/mol. The van der Waals surface area contributed by atoms with Crippen LogP contribution in [0.4, 0.5) is 0 Å². The Kier molecular flexibility index (Phi) is 8.23. The van der Waals surface area contributed by atoms with Gasteiger partial charge in [-0.05, 0) is 37.5 Å². The van der Waals surface area contributed by atoms with Crippen molar-refractivity contribution in [2.24, 2.45) is 4.99 Å². The van der Waals surface area contributed by atoms with Gasteiger partial charge >= 0.3 is 0 Å². The fraction of sp³-hybridized carbons (Fsp3) is 0.667. The molecule has 0 bridgehead atoms. The number of amides is 1. The minimum atomic E-state index is -0.245. The van der Waals surface area contributed by atoms with Crippen molar-refractivity contribution < 1.29 is 19.0 Å². The third kappa shape index (κ3) is 5.65. The van der Waals surface area contributed by atoms with E-state index >= 15 is 0 Å². The molecule has 1 N–H and O–H groups in total. The number of carbonyl (C=O) groups is 1. The maximum absolute atomic E-state index is 12.6. The van der Waals surface area contributed by atoms with Gasteiger partial charge in [0.05, 0.1) is 20.8 Å². The average molecular weight is 447 g/mol. The molecule has 0 aromatic heterocycles. The molecule has 2 heterocycles. The Bertz CT molecular complexity index is 797. The first-order valence-electron chi connectivity index (χ1n) is 11.6. The second kappa shape index (κ2) is 10.9. The van der Waals surface area contributed by atoms with Crippen LogP contribution in [-0.2, 0) is 14.9 Å².